The second-order valence-electron chi connectivity index (χ2n) is 5.97. The molecule has 0 N–H and O–H groups in total. The van der Waals surface area contributed by atoms with E-state index in [0.717, 1.165) is 5.92 Å². The zero-order valence-corrected chi connectivity index (χ0v) is 12.0. The minimum absolute atomic E-state index is 1.01. The molecule has 0 aliphatic heterocycles. The molecule has 0 aromatic heterocycles. The predicted octanol–water partition coefficient (Wildman–Crippen LogP) is 5.54. The third kappa shape index (κ3) is 4.48. The molecule has 2 rings (SSSR count). The highest BCUT2D eigenvalue weighted by Gasteiger charge is 2.12. The Morgan fingerprint density at radius 2 is 1.72 bits per heavy atom. The summed E-state index contributed by atoms with van der Waals surface area (Å²) >= 11 is 0. The second kappa shape index (κ2) is 7.61. The van der Waals surface area contributed by atoms with Crippen molar-refractivity contribution >= 4 is 0 Å². The molecule has 1 aromatic rings. The lowest BCUT2D eigenvalue weighted by Crippen LogP contribution is -2.07. The van der Waals surface area contributed by atoms with Crippen LogP contribution in [0.15, 0.2) is 24.3 Å². The van der Waals surface area contributed by atoms with Gasteiger partial charge in [-0.2, -0.15) is 0 Å². The average molecular weight is 244 g/mol. The molecule has 0 amide bonds. The monoisotopic (exact) mass is 244 g/mol. The molecular weight excluding hydrogens is 216 g/mol. The van der Waals surface area contributed by atoms with Gasteiger partial charge in [0, 0.05) is 0 Å². The largest absolute Gasteiger partial charge is 0.0654 e. The summed E-state index contributed by atoms with van der Waals surface area (Å²) in [5.74, 6) is 1.01. The van der Waals surface area contributed by atoms with Crippen LogP contribution in [0.5, 0.6) is 0 Å². The third-order valence-electron chi connectivity index (χ3n) is 4.38. The standard InChI is InChI=1S/C18H28/c1-2-3-8-17-11-7-12-18(15-17)14-13-16-9-5-4-6-10-16/h7,11-12,15-16H,2-6,8-10,13-14H2,1H3. The van der Waals surface area contributed by atoms with Gasteiger partial charge in [0.1, 0.15) is 0 Å². The Morgan fingerprint density at radius 3 is 2.44 bits per heavy atom. The van der Waals surface area contributed by atoms with E-state index in [1.165, 1.54) is 69.8 Å². The maximum absolute atomic E-state index is 2.44. The van der Waals surface area contributed by atoms with Crippen molar-refractivity contribution in [1.82, 2.24) is 0 Å². The van der Waals surface area contributed by atoms with Gasteiger partial charge in [-0.1, -0.05) is 69.7 Å². The number of rotatable bonds is 6. The van der Waals surface area contributed by atoms with E-state index in [-0.39, 0.29) is 0 Å². The van der Waals surface area contributed by atoms with Crippen molar-refractivity contribution in [2.24, 2.45) is 5.92 Å². The van der Waals surface area contributed by atoms with Gasteiger partial charge in [-0.25, -0.2) is 0 Å². The number of benzene rings is 1. The third-order valence-corrected chi connectivity index (χ3v) is 4.38. The first-order valence-corrected chi connectivity index (χ1v) is 7.96. The Kier molecular flexibility index (Phi) is 5.77. The molecule has 18 heavy (non-hydrogen) atoms. The molecule has 1 aromatic carbocycles. The summed E-state index contributed by atoms with van der Waals surface area (Å²) in [6.07, 6.45) is 14.0. The maximum Gasteiger partial charge on any atom is -0.0276 e. The number of hydrogen-bond donors (Lipinski definition) is 0. The molecule has 1 saturated carbocycles. The van der Waals surface area contributed by atoms with Gasteiger partial charge < -0.3 is 0 Å². The van der Waals surface area contributed by atoms with Gasteiger partial charge in [-0.05, 0) is 42.7 Å². The van der Waals surface area contributed by atoms with Crippen molar-refractivity contribution in [3.8, 4) is 0 Å². The fraction of sp³-hybridized carbons (Fsp3) is 0.667. The fourth-order valence-corrected chi connectivity index (χ4v) is 3.17. The molecule has 0 radical (unpaired) electrons. The lowest BCUT2D eigenvalue weighted by atomic mass is 9.85. The lowest BCUT2D eigenvalue weighted by Gasteiger charge is -2.21. The summed E-state index contributed by atoms with van der Waals surface area (Å²) in [6.45, 7) is 2.27. The molecule has 1 aliphatic carbocycles. The van der Waals surface area contributed by atoms with Gasteiger partial charge in [0.2, 0.25) is 0 Å². The van der Waals surface area contributed by atoms with E-state index in [2.05, 4.69) is 31.2 Å². The molecule has 0 saturated heterocycles. The molecule has 0 spiro atoms. The zero-order valence-electron chi connectivity index (χ0n) is 12.0. The van der Waals surface area contributed by atoms with Crippen LogP contribution in [0.3, 0.4) is 0 Å². The van der Waals surface area contributed by atoms with Crippen LogP contribution in [0.1, 0.15) is 69.4 Å². The van der Waals surface area contributed by atoms with Crippen molar-refractivity contribution in [3.05, 3.63) is 35.4 Å². The summed E-state index contributed by atoms with van der Waals surface area (Å²) < 4.78 is 0. The zero-order chi connectivity index (χ0) is 12.6. The Hall–Kier alpha value is -0.780. The van der Waals surface area contributed by atoms with Crippen molar-refractivity contribution in [2.75, 3.05) is 0 Å². The van der Waals surface area contributed by atoms with Gasteiger partial charge in [0.15, 0.2) is 0 Å². The van der Waals surface area contributed by atoms with E-state index >= 15 is 0 Å². The van der Waals surface area contributed by atoms with Gasteiger partial charge in [0.05, 0.1) is 0 Å². The van der Waals surface area contributed by atoms with Gasteiger partial charge in [-0.3, -0.25) is 0 Å². The number of aryl methyl sites for hydroxylation is 2. The molecule has 0 unspecified atom stereocenters. The highest BCUT2D eigenvalue weighted by atomic mass is 14.2. The van der Waals surface area contributed by atoms with Crippen LogP contribution in [0, 0.1) is 5.92 Å². The van der Waals surface area contributed by atoms with Gasteiger partial charge in [0.25, 0.3) is 0 Å². The highest BCUT2D eigenvalue weighted by Crippen LogP contribution is 2.27. The summed E-state index contributed by atoms with van der Waals surface area (Å²) in [5, 5.41) is 0. The molecule has 0 atom stereocenters. The summed E-state index contributed by atoms with van der Waals surface area (Å²) in [7, 11) is 0. The van der Waals surface area contributed by atoms with E-state index in [9.17, 15) is 0 Å². The average Bonchev–Trinajstić information content (AvgIpc) is 2.44. The van der Waals surface area contributed by atoms with Gasteiger partial charge in [-0.15, -0.1) is 0 Å². The summed E-state index contributed by atoms with van der Waals surface area (Å²) in [4.78, 5) is 0. The van der Waals surface area contributed by atoms with Crippen LogP contribution >= 0.6 is 0 Å². The smallest absolute Gasteiger partial charge is 0.0276 e. The van der Waals surface area contributed by atoms with E-state index in [1.807, 2.05) is 0 Å². The number of hydrogen-bond acceptors (Lipinski definition) is 0. The Balaban J connectivity index is 1.80. The normalized spacial score (nSPS) is 16.9. The Bertz CT molecular complexity index is 334. The van der Waals surface area contributed by atoms with Crippen LogP contribution in [0.4, 0.5) is 0 Å². The first-order valence-electron chi connectivity index (χ1n) is 7.96. The van der Waals surface area contributed by atoms with E-state index < -0.39 is 0 Å². The van der Waals surface area contributed by atoms with Crippen LogP contribution in [0.2, 0.25) is 0 Å². The van der Waals surface area contributed by atoms with Crippen molar-refractivity contribution < 1.29 is 0 Å². The quantitative estimate of drug-likeness (QED) is 0.616. The van der Waals surface area contributed by atoms with Crippen molar-refractivity contribution in [2.45, 2.75) is 71.1 Å². The molecule has 1 fully saturated rings. The van der Waals surface area contributed by atoms with Crippen LogP contribution in [0.25, 0.3) is 0 Å². The summed E-state index contributed by atoms with van der Waals surface area (Å²) in [6, 6.07) is 9.30. The molecule has 0 heteroatoms. The second-order valence-corrected chi connectivity index (χ2v) is 5.97. The lowest BCUT2D eigenvalue weighted by molar-refractivity contribution is 0.339. The van der Waals surface area contributed by atoms with Crippen molar-refractivity contribution in [1.29, 1.82) is 0 Å². The SMILES string of the molecule is CCCCc1cccc(CCC2CCCCC2)c1. The fourth-order valence-electron chi connectivity index (χ4n) is 3.17. The van der Waals surface area contributed by atoms with Crippen molar-refractivity contribution in [3.63, 3.8) is 0 Å². The van der Waals surface area contributed by atoms with E-state index in [1.54, 1.807) is 5.56 Å². The first-order chi connectivity index (χ1) is 8.88. The minimum atomic E-state index is 1.01. The minimum Gasteiger partial charge on any atom is -0.0654 e. The number of unbranched alkanes of at least 4 members (excludes halogenated alkanes) is 1. The molecule has 1 aliphatic rings. The first kappa shape index (κ1) is 13.6. The van der Waals surface area contributed by atoms with Crippen LogP contribution in [-0.4, -0.2) is 0 Å². The van der Waals surface area contributed by atoms with Crippen LogP contribution in [-0.2, 0) is 12.8 Å². The Labute approximate surface area is 113 Å². The summed E-state index contributed by atoms with van der Waals surface area (Å²) in [5.41, 5.74) is 3.10. The molecular formula is C18H28. The predicted molar refractivity (Wildman–Crippen MR) is 80.0 cm³/mol. The van der Waals surface area contributed by atoms with E-state index in [0.29, 0.717) is 0 Å². The Morgan fingerprint density at radius 1 is 1.00 bits per heavy atom. The van der Waals surface area contributed by atoms with E-state index in [4.69, 9.17) is 0 Å². The molecule has 0 nitrogen and oxygen atoms in total. The molecule has 100 valence electrons. The topological polar surface area (TPSA) is 0 Å². The van der Waals surface area contributed by atoms with Crippen LogP contribution < -0.4 is 0 Å². The maximum atomic E-state index is 2.44. The molecule has 0 heterocycles. The highest BCUT2D eigenvalue weighted by molar-refractivity contribution is 5.23. The van der Waals surface area contributed by atoms with Gasteiger partial charge >= 0.3 is 0 Å². The molecule has 0 bridgehead atoms.